The Labute approximate surface area is 203 Å². The van der Waals surface area contributed by atoms with Crippen LogP contribution < -0.4 is 16.2 Å². The number of carbonyl (C=O) groups is 2. The second-order valence-electron chi connectivity index (χ2n) is 8.74. The van der Waals surface area contributed by atoms with Crippen LogP contribution in [0, 0.1) is 0 Å². The third-order valence-corrected chi connectivity index (χ3v) is 7.29. The third kappa shape index (κ3) is 5.50. The van der Waals surface area contributed by atoms with E-state index in [1.807, 2.05) is 36.4 Å². The lowest BCUT2D eigenvalue weighted by molar-refractivity contribution is -0.117. The van der Waals surface area contributed by atoms with E-state index < -0.39 is 11.9 Å². The predicted molar refractivity (Wildman–Crippen MR) is 136 cm³/mol. The van der Waals surface area contributed by atoms with Crippen molar-refractivity contribution in [1.82, 2.24) is 20.2 Å². The van der Waals surface area contributed by atoms with E-state index >= 15 is 0 Å². The van der Waals surface area contributed by atoms with Crippen molar-refractivity contribution in [3.63, 3.8) is 0 Å². The van der Waals surface area contributed by atoms with Gasteiger partial charge in [-0.25, -0.2) is 9.78 Å². The average molecular weight is 479 g/mol. The molecule has 0 aliphatic heterocycles. The van der Waals surface area contributed by atoms with Crippen LogP contribution in [0.15, 0.2) is 58.5 Å². The Hall–Kier alpha value is -3.13. The zero-order chi connectivity index (χ0) is 24.1. The first-order valence-corrected chi connectivity index (χ1v) is 12.8. The van der Waals surface area contributed by atoms with E-state index in [0.29, 0.717) is 27.7 Å². The summed E-state index contributed by atoms with van der Waals surface area (Å²) in [5, 5.41) is 6.16. The quantitative estimate of drug-likeness (QED) is 0.377. The molecule has 8 heteroatoms. The molecule has 1 heterocycles. The molecule has 178 valence electrons. The summed E-state index contributed by atoms with van der Waals surface area (Å²) in [6.45, 7) is 4.31. The molecule has 3 amide bonds. The van der Waals surface area contributed by atoms with E-state index in [2.05, 4.69) is 29.5 Å². The summed E-state index contributed by atoms with van der Waals surface area (Å²) in [4.78, 5) is 42.6. The molecule has 1 saturated carbocycles. The zero-order valence-electron chi connectivity index (χ0n) is 19.5. The van der Waals surface area contributed by atoms with Crippen molar-refractivity contribution in [2.45, 2.75) is 63.1 Å². The highest BCUT2D eigenvalue weighted by Gasteiger charge is 2.19. The van der Waals surface area contributed by atoms with Gasteiger partial charge in [0.05, 0.1) is 22.3 Å². The number of para-hydroxylation sites is 1. The number of thioether (sulfide) groups is 1. The molecule has 1 aliphatic rings. The van der Waals surface area contributed by atoms with Gasteiger partial charge in [0.1, 0.15) is 0 Å². The average Bonchev–Trinajstić information content (AvgIpc) is 3.35. The number of aromatic nitrogens is 2. The second-order valence-corrected chi connectivity index (χ2v) is 9.69. The molecule has 34 heavy (non-hydrogen) atoms. The number of fused-ring (bicyclic) bond motifs is 1. The molecule has 3 aromatic rings. The maximum Gasteiger partial charge on any atom is 0.321 e. The van der Waals surface area contributed by atoms with E-state index in [4.69, 9.17) is 0 Å². The molecule has 2 N–H and O–H groups in total. The first-order chi connectivity index (χ1) is 16.5. The number of amides is 3. The SMILES string of the molecule is CCC(C)c1ccc(-n2c(SCC(=O)NC(=O)NC3CCCC3)nc3ccccc3c2=O)cc1. The van der Waals surface area contributed by atoms with Gasteiger partial charge < -0.3 is 5.32 Å². The van der Waals surface area contributed by atoms with E-state index in [9.17, 15) is 14.4 Å². The van der Waals surface area contributed by atoms with Crippen molar-refractivity contribution in [2.24, 2.45) is 0 Å². The van der Waals surface area contributed by atoms with Crippen LogP contribution in [0.5, 0.6) is 0 Å². The van der Waals surface area contributed by atoms with E-state index in [-0.39, 0.29) is 17.4 Å². The van der Waals surface area contributed by atoms with Gasteiger partial charge in [0.2, 0.25) is 5.91 Å². The minimum absolute atomic E-state index is 0.0339. The number of carbonyl (C=O) groups excluding carboxylic acids is 2. The van der Waals surface area contributed by atoms with Gasteiger partial charge in [-0.3, -0.25) is 19.5 Å². The number of rotatable bonds is 7. The molecule has 0 bridgehead atoms. The summed E-state index contributed by atoms with van der Waals surface area (Å²) >= 11 is 1.14. The number of hydrogen-bond acceptors (Lipinski definition) is 5. The summed E-state index contributed by atoms with van der Waals surface area (Å²) in [7, 11) is 0. The van der Waals surface area contributed by atoms with Crippen LogP contribution in [0.2, 0.25) is 0 Å². The Morgan fingerprint density at radius 3 is 2.53 bits per heavy atom. The van der Waals surface area contributed by atoms with Crippen LogP contribution >= 0.6 is 11.8 Å². The monoisotopic (exact) mass is 478 g/mol. The largest absolute Gasteiger partial charge is 0.335 e. The Kier molecular flexibility index (Phi) is 7.67. The zero-order valence-corrected chi connectivity index (χ0v) is 20.4. The van der Waals surface area contributed by atoms with Crippen molar-refractivity contribution in [1.29, 1.82) is 0 Å². The Morgan fingerprint density at radius 2 is 1.82 bits per heavy atom. The fourth-order valence-electron chi connectivity index (χ4n) is 4.21. The van der Waals surface area contributed by atoms with Crippen LogP contribution in [0.3, 0.4) is 0 Å². The van der Waals surface area contributed by atoms with Gasteiger partial charge in [0.15, 0.2) is 5.16 Å². The van der Waals surface area contributed by atoms with Gasteiger partial charge in [0.25, 0.3) is 5.56 Å². The van der Waals surface area contributed by atoms with E-state index in [0.717, 1.165) is 43.9 Å². The van der Waals surface area contributed by atoms with Crippen molar-refractivity contribution in [3.8, 4) is 5.69 Å². The highest BCUT2D eigenvalue weighted by atomic mass is 32.2. The van der Waals surface area contributed by atoms with Gasteiger partial charge in [0, 0.05) is 6.04 Å². The van der Waals surface area contributed by atoms with Crippen LogP contribution in [-0.2, 0) is 4.79 Å². The Morgan fingerprint density at radius 1 is 1.12 bits per heavy atom. The van der Waals surface area contributed by atoms with Gasteiger partial charge in [-0.1, -0.05) is 62.7 Å². The van der Waals surface area contributed by atoms with E-state index in [1.54, 1.807) is 16.7 Å². The highest BCUT2D eigenvalue weighted by molar-refractivity contribution is 7.99. The van der Waals surface area contributed by atoms with Crippen LogP contribution in [0.1, 0.15) is 57.4 Å². The Bertz CT molecular complexity index is 1230. The number of urea groups is 1. The van der Waals surface area contributed by atoms with Gasteiger partial charge in [-0.05, 0) is 55.0 Å². The molecule has 0 radical (unpaired) electrons. The van der Waals surface area contributed by atoms with Crippen LogP contribution in [0.25, 0.3) is 16.6 Å². The number of hydrogen-bond donors (Lipinski definition) is 2. The summed E-state index contributed by atoms with van der Waals surface area (Å²) in [5.74, 6) is -0.0385. The lowest BCUT2D eigenvalue weighted by Crippen LogP contribution is -2.44. The Balaban J connectivity index is 1.56. The third-order valence-electron chi connectivity index (χ3n) is 6.35. The molecular weight excluding hydrogens is 448 g/mol. The molecule has 1 unspecified atom stereocenters. The van der Waals surface area contributed by atoms with Crippen molar-refractivity contribution in [3.05, 3.63) is 64.4 Å². The van der Waals surface area contributed by atoms with Crippen LogP contribution in [-0.4, -0.2) is 33.3 Å². The molecule has 4 rings (SSSR count). The molecule has 0 spiro atoms. The lowest BCUT2D eigenvalue weighted by Gasteiger charge is -2.15. The molecule has 1 fully saturated rings. The number of nitrogens with one attached hydrogen (secondary N) is 2. The summed E-state index contributed by atoms with van der Waals surface area (Å²) < 4.78 is 1.54. The maximum atomic E-state index is 13.4. The van der Waals surface area contributed by atoms with Crippen molar-refractivity contribution >= 4 is 34.6 Å². The number of imide groups is 1. The lowest BCUT2D eigenvalue weighted by atomic mass is 9.98. The molecule has 1 aromatic heterocycles. The molecule has 1 aliphatic carbocycles. The number of nitrogens with zero attached hydrogens (tertiary/aromatic N) is 2. The van der Waals surface area contributed by atoms with Gasteiger partial charge >= 0.3 is 6.03 Å². The predicted octanol–water partition coefficient (Wildman–Crippen LogP) is 4.76. The van der Waals surface area contributed by atoms with Crippen molar-refractivity contribution < 1.29 is 9.59 Å². The maximum absolute atomic E-state index is 13.4. The van der Waals surface area contributed by atoms with Crippen LogP contribution in [0.4, 0.5) is 4.79 Å². The van der Waals surface area contributed by atoms with Gasteiger partial charge in [-0.2, -0.15) is 0 Å². The summed E-state index contributed by atoms with van der Waals surface area (Å²) in [6, 6.07) is 14.7. The van der Waals surface area contributed by atoms with Gasteiger partial charge in [-0.15, -0.1) is 0 Å². The second kappa shape index (κ2) is 10.9. The topological polar surface area (TPSA) is 93.1 Å². The normalized spacial score (nSPS) is 14.8. The first-order valence-electron chi connectivity index (χ1n) is 11.8. The molecule has 2 aromatic carbocycles. The first kappa shape index (κ1) is 24.0. The molecule has 7 nitrogen and oxygen atoms in total. The minimum Gasteiger partial charge on any atom is -0.335 e. The standard InChI is InChI=1S/C26H30N4O3S/c1-3-17(2)18-12-14-20(15-13-18)30-24(32)21-10-6-7-11-22(21)28-26(30)34-16-23(31)29-25(33)27-19-8-4-5-9-19/h6-7,10-15,17,19H,3-5,8-9,16H2,1-2H3,(H2,27,29,31,33). The fourth-order valence-corrected chi connectivity index (χ4v) is 5.02. The highest BCUT2D eigenvalue weighted by Crippen LogP contribution is 2.24. The molecular formula is C26H30N4O3S. The number of benzene rings is 2. The molecule has 1 atom stereocenters. The summed E-state index contributed by atoms with van der Waals surface area (Å²) in [5.41, 5.74) is 2.28. The smallest absolute Gasteiger partial charge is 0.321 e. The fraction of sp³-hybridized carbons (Fsp3) is 0.385. The molecule has 0 saturated heterocycles. The van der Waals surface area contributed by atoms with Crippen molar-refractivity contribution in [2.75, 3.05) is 5.75 Å². The van der Waals surface area contributed by atoms with E-state index in [1.165, 1.54) is 5.56 Å². The summed E-state index contributed by atoms with van der Waals surface area (Å²) in [6.07, 6.45) is 5.11. The minimum atomic E-state index is -0.470.